The summed E-state index contributed by atoms with van der Waals surface area (Å²) in [5, 5.41) is 0. The van der Waals surface area contributed by atoms with Crippen LogP contribution in [0.5, 0.6) is 0 Å². The van der Waals surface area contributed by atoms with Gasteiger partial charge in [-0.05, 0) is 32.3 Å². The van der Waals surface area contributed by atoms with Crippen molar-refractivity contribution in [2.24, 2.45) is 4.99 Å². The van der Waals surface area contributed by atoms with E-state index in [2.05, 4.69) is 54.0 Å². The first kappa shape index (κ1) is 10.9. The molecule has 0 aliphatic carbocycles. The molecule has 1 aliphatic heterocycles. The van der Waals surface area contributed by atoms with Crippen molar-refractivity contribution in [2.45, 2.75) is 37.1 Å². The van der Waals surface area contributed by atoms with Gasteiger partial charge in [-0.3, -0.25) is 4.99 Å². The summed E-state index contributed by atoms with van der Waals surface area (Å²) in [6, 6.07) is 10.9. The van der Waals surface area contributed by atoms with Crippen LogP contribution in [0.1, 0.15) is 32.3 Å². The van der Waals surface area contributed by atoms with Crippen LogP contribution < -0.4 is 0 Å². The first-order valence-electron chi connectivity index (χ1n) is 5.38. The molecule has 1 unspecified atom stereocenters. The molecule has 0 aromatic heterocycles. The van der Waals surface area contributed by atoms with Gasteiger partial charge in [0.05, 0.1) is 6.04 Å². The molecular weight excluding hydrogens is 250 g/mol. The summed E-state index contributed by atoms with van der Waals surface area (Å²) in [5.74, 6) is 0. The van der Waals surface area contributed by atoms with Gasteiger partial charge in [0.2, 0.25) is 0 Å². The average Bonchev–Trinajstić information content (AvgIpc) is 2.67. The smallest absolute Gasteiger partial charge is 0.0654 e. The Morgan fingerprint density at radius 1 is 1.27 bits per heavy atom. The molecule has 0 spiro atoms. The van der Waals surface area contributed by atoms with Gasteiger partial charge < -0.3 is 0 Å². The lowest BCUT2D eigenvalue weighted by Gasteiger charge is -2.21. The highest BCUT2D eigenvalue weighted by Gasteiger charge is 2.30. The molecule has 1 aliphatic rings. The normalized spacial score (nSPS) is 21.5. The number of rotatable bonds is 2. The average molecular weight is 266 g/mol. The minimum atomic E-state index is 0.115. The molecule has 15 heavy (non-hydrogen) atoms. The van der Waals surface area contributed by atoms with Crippen LogP contribution >= 0.6 is 15.9 Å². The zero-order valence-electron chi connectivity index (χ0n) is 9.20. The Morgan fingerprint density at radius 3 is 2.47 bits per heavy atom. The summed E-state index contributed by atoms with van der Waals surface area (Å²) >= 11 is 3.70. The number of benzene rings is 1. The number of alkyl halides is 1. The maximum absolute atomic E-state index is 4.80. The van der Waals surface area contributed by atoms with Crippen molar-refractivity contribution < 1.29 is 0 Å². The maximum Gasteiger partial charge on any atom is 0.0654 e. The van der Waals surface area contributed by atoms with Crippen molar-refractivity contribution in [3.05, 3.63) is 35.9 Å². The summed E-state index contributed by atoms with van der Waals surface area (Å²) in [7, 11) is 0. The molecule has 0 saturated heterocycles. The number of halogens is 1. The molecule has 0 bridgehead atoms. The molecule has 0 saturated carbocycles. The molecule has 1 heterocycles. The van der Waals surface area contributed by atoms with E-state index in [-0.39, 0.29) is 4.32 Å². The van der Waals surface area contributed by atoms with Crippen LogP contribution in [0.15, 0.2) is 35.3 Å². The van der Waals surface area contributed by atoms with E-state index in [0.717, 1.165) is 12.8 Å². The Balaban J connectivity index is 2.21. The first-order valence-corrected chi connectivity index (χ1v) is 6.17. The topological polar surface area (TPSA) is 12.4 Å². The van der Waals surface area contributed by atoms with Crippen LogP contribution in [-0.4, -0.2) is 16.1 Å². The lowest BCUT2D eigenvalue weighted by atomic mass is 10.0. The second-order valence-corrected chi connectivity index (χ2v) is 6.60. The molecular formula is C13H16BrN. The quantitative estimate of drug-likeness (QED) is 0.722. The maximum atomic E-state index is 4.80. The SMILES string of the molecule is CC(C)(Br)C1CCC(c2ccccc2)=N1. The van der Waals surface area contributed by atoms with Crippen molar-refractivity contribution in [3.8, 4) is 0 Å². The third-order valence-corrected chi connectivity index (χ3v) is 3.39. The largest absolute Gasteiger partial charge is 0.284 e. The fourth-order valence-electron chi connectivity index (χ4n) is 1.94. The number of hydrogen-bond donors (Lipinski definition) is 0. The van der Waals surface area contributed by atoms with Gasteiger partial charge in [-0.1, -0.05) is 46.3 Å². The highest BCUT2D eigenvalue weighted by molar-refractivity contribution is 9.10. The van der Waals surface area contributed by atoms with Gasteiger partial charge in [-0.15, -0.1) is 0 Å². The summed E-state index contributed by atoms with van der Waals surface area (Å²) in [6.07, 6.45) is 2.26. The van der Waals surface area contributed by atoms with Crippen LogP contribution in [-0.2, 0) is 0 Å². The summed E-state index contributed by atoms with van der Waals surface area (Å²) in [5.41, 5.74) is 2.53. The predicted octanol–water partition coefficient (Wildman–Crippen LogP) is 3.81. The van der Waals surface area contributed by atoms with E-state index < -0.39 is 0 Å². The van der Waals surface area contributed by atoms with E-state index in [4.69, 9.17) is 4.99 Å². The van der Waals surface area contributed by atoms with Crippen LogP contribution in [0.2, 0.25) is 0 Å². The van der Waals surface area contributed by atoms with E-state index in [1.807, 2.05) is 6.07 Å². The number of hydrogen-bond acceptors (Lipinski definition) is 1. The van der Waals surface area contributed by atoms with Crippen molar-refractivity contribution in [3.63, 3.8) is 0 Å². The second-order valence-electron chi connectivity index (χ2n) is 4.56. The molecule has 0 N–H and O–H groups in total. The molecule has 2 rings (SSSR count). The molecule has 0 amide bonds. The zero-order chi connectivity index (χ0) is 10.9. The Hall–Kier alpha value is -0.630. The minimum Gasteiger partial charge on any atom is -0.284 e. The standard InChI is InChI=1S/C13H16BrN/c1-13(2,14)12-9-8-11(15-12)10-6-4-3-5-7-10/h3-7,12H,8-9H2,1-2H3. The van der Waals surface area contributed by atoms with E-state index >= 15 is 0 Å². The first-order chi connectivity index (χ1) is 7.07. The summed E-state index contributed by atoms with van der Waals surface area (Å²) < 4.78 is 0.115. The predicted molar refractivity (Wildman–Crippen MR) is 69.0 cm³/mol. The molecule has 0 radical (unpaired) electrons. The van der Waals surface area contributed by atoms with E-state index in [0.29, 0.717) is 6.04 Å². The Bertz CT molecular complexity index is 362. The zero-order valence-corrected chi connectivity index (χ0v) is 10.8. The molecule has 1 nitrogen and oxygen atoms in total. The highest BCUT2D eigenvalue weighted by Crippen LogP contribution is 2.32. The van der Waals surface area contributed by atoms with Crippen molar-refractivity contribution >= 4 is 21.6 Å². The lowest BCUT2D eigenvalue weighted by Crippen LogP contribution is -2.25. The van der Waals surface area contributed by atoms with Gasteiger partial charge >= 0.3 is 0 Å². The van der Waals surface area contributed by atoms with Crippen LogP contribution in [0, 0.1) is 0 Å². The van der Waals surface area contributed by atoms with Crippen LogP contribution in [0.25, 0.3) is 0 Å². The Morgan fingerprint density at radius 2 is 1.93 bits per heavy atom. The fraction of sp³-hybridized carbons (Fsp3) is 0.462. The molecule has 1 aromatic carbocycles. The van der Waals surface area contributed by atoms with E-state index in [1.165, 1.54) is 11.3 Å². The Kier molecular flexibility index (Phi) is 2.96. The van der Waals surface area contributed by atoms with Gasteiger partial charge in [-0.25, -0.2) is 0 Å². The molecule has 1 aromatic rings. The van der Waals surface area contributed by atoms with Crippen molar-refractivity contribution in [1.82, 2.24) is 0 Å². The van der Waals surface area contributed by atoms with Crippen LogP contribution in [0.3, 0.4) is 0 Å². The van der Waals surface area contributed by atoms with Gasteiger partial charge in [0.15, 0.2) is 0 Å². The van der Waals surface area contributed by atoms with Gasteiger partial charge in [-0.2, -0.15) is 0 Å². The monoisotopic (exact) mass is 265 g/mol. The second kappa shape index (κ2) is 4.09. The molecule has 0 fully saturated rings. The molecule has 1 atom stereocenters. The van der Waals surface area contributed by atoms with Crippen molar-refractivity contribution in [1.29, 1.82) is 0 Å². The summed E-state index contributed by atoms with van der Waals surface area (Å²) in [6.45, 7) is 4.38. The van der Waals surface area contributed by atoms with Gasteiger partial charge in [0.1, 0.15) is 0 Å². The molecule has 80 valence electrons. The van der Waals surface area contributed by atoms with Gasteiger partial charge in [0, 0.05) is 10.0 Å². The number of nitrogens with zero attached hydrogens (tertiary/aromatic N) is 1. The number of aliphatic imine (C=N–C) groups is 1. The van der Waals surface area contributed by atoms with Gasteiger partial charge in [0.25, 0.3) is 0 Å². The van der Waals surface area contributed by atoms with E-state index in [9.17, 15) is 0 Å². The highest BCUT2D eigenvalue weighted by atomic mass is 79.9. The third kappa shape index (κ3) is 2.49. The van der Waals surface area contributed by atoms with E-state index in [1.54, 1.807) is 0 Å². The minimum absolute atomic E-state index is 0.115. The third-order valence-electron chi connectivity index (χ3n) is 2.87. The lowest BCUT2D eigenvalue weighted by molar-refractivity contribution is 0.548. The Labute approximate surface area is 99.7 Å². The van der Waals surface area contributed by atoms with Crippen molar-refractivity contribution in [2.75, 3.05) is 0 Å². The van der Waals surface area contributed by atoms with Crippen LogP contribution in [0.4, 0.5) is 0 Å². The fourth-order valence-corrected chi connectivity index (χ4v) is 2.27. The summed E-state index contributed by atoms with van der Waals surface area (Å²) in [4.78, 5) is 4.80. The molecule has 2 heteroatoms.